The quantitative estimate of drug-likeness (QED) is 0.652. The maximum absolute atomic E-state index is 11.6. The third-order valence-corrected chi connectivity index (χ3v) is 4.10. The Hall–Kier alpha value is -1.49. The van der Waals surface area contributed by atoms with Gasteiger partial charge in [-0.2, -0.15) is 11.8 Å². The Bertz CT molecular complexity index is 463. The van der Waals surface area contributed by atoms with E-state index < -0.39 is 5.97 Å². The predicted molar refractivity (Wildman–Crippen MR) is 87.0 cm³/mol. The van der Waals surface area contributed by atoms with Crippen LogP contribution in [0.2, 0.25) is 0 Å². The molecule has 0 unspecified atom stereocenters. The van der Waals surface area contributed by atoms with E-state index in [1.54, 1.807) is 18.2 Å². The fourth-order valence-electron chi connectivity index (χ4n) is 1.81. The molecule has 2 N–H and O–H groups in total. The van der Waals surface area contributed by atoms with Crippen LogP contribution < -0.4 is 5.32 Å². The molecule has 1 rings (SSSR count). The first-order valence-corrected chi connectivity index (χ1v) is 8.45. The normalized spacial score (nSPS) is 10.3. The van der Waals surface area contributed by atoms with E-state index in [2.05, 4.69) is 12.2 Å². The molecule has 0 heterocycles. The predicted octanol–water partition coefficient (Wildman–Crippen LogP) is 2.97. The molecule has 0 radical (unpaired) electrons. The molecule has 0 bridgehead atoms. The van der Waals surface area contributed by atoms with Crippen LogP contribution in [-0.2, 0) is 11.2 Å². The second-order valence-corrected chi connectivity index (χ2v) is 6.05. The first-order chi connectivity index (χ1) is 10.1. The highest BCUT2D eigenvalue weighted by Gasteiger charge is 2.04. The van der Waals surface area contributed by atoms with E-state index in [-0.39, 0.29) is 11.5 Å². The summed E-state index contributed by atoms with van der Waals surface area (Å²) in [5.41, 5.74) is 1.21. The number of carboxylic acids is 1. The number of aromatic carboxylic acids is 1. The molecule has 5 heteroatoms. The zero-order valence-corrected chi connectivity index (χ0v) is 13.2. The van der Waals surface area contributed by atoms with Crippen molar-refractivity contribution in [2.75, 3.05) is 18.1 Å². The first kappa shape index (κ1) is 17.6. The van der Waals surface area contributed by atoms with Gasteiger partial charge in [-0.1, -0.05) is 25.5 Å². The van der Waals surface area contributed by atoms with Gasteiger partial charge >= 0.3 is 5.97 Å². The van der Waals surface area contributed by atoms with Crippen LogP contribution in [0.5, 0.6) is 0 Å². The summed E-state index contributed by atoms with van der Waals surface area (Å²) in [6.45, 7) is 2.70. The highest BCUT2D eigenvalue weighted by molar-refractivity contribution is 7.99. The van der Waals surface area contributed by atoms with Gasteiger partial charge in [-0.15, -0.1) is 0 Å². The molecule has 21 heavy (non-hydrogen) atoms. The number of hydrogen-bond acceptors (Lipinski definition) is 3. The Morgan fingerprint density at radius 1 is 1.29 bits per heavy atom. The Kier molecular flexibility index (Phi) is 8.59. The molecule has 1 amide bonds. The molecule has 1 aromatic rings. The fourth-order valence-corrected chi connectivity index (χ4v) is 2.83. The lowest BCUT2D eigenvalue weighted by molar-refractivity contribution is -0.120. The van der Waals surface area contributed by atoms with Crippen molar-refractivity contribution in [3.8, 4) is 0 Å². The smallest absolute Gasteiger partial charge is 0.335 e. The van der Waals surface area contributed by atoms with Crippen molar-refractivity contribution in [3.63, 3.8) is 0 Å². The lowest BCUT2D eigenvalue weighted by atomic mass is 10.1. The minimum Gasteiger partial charge on any atom is -0.478 e. The summed E-state index contributed by atoms with van der Waals surface area (Å²) in [6.07, 6.45) is 3.58. The van der Waals surface area contributed by atoms with Gasteiger partial charge in [0.2, 0.25) is 5.91 Å². The number of carbonyl (C=O) groups is 2. The molecule has 0 saturated heterocycles. The van der Waals surface area contributed by atoms with Crippen LogP contribution in [-0.4, -0.2) is 35.0 Å². The first-order valence-electron chi connectivity index (χ1n) is 7.30. The number of unbranched alkanes of at least 4 members (excludes halogenated alkanes) is 1. The van der Waals surface area contributed by atoms with Crippen LogP contribution in [0.25, 0.3) is 0 Å². The lowest BCUT2D eigenvalue weighted by Gasteiger charge is -2.06. The third kappa shape index (κ3) is 7.75. The Labute approximate surface area is 130 Å². The summed E-state index contributed by atoms with van der Waals surface area (Å²) < 4.78 is 0. The van der Waals surface area contributed by atoms with Crippen LogP contribution in [0.1, 0.15) is 42.1 Å². The van der Waals surface area contributed by atoms with Crippen LogP contribution in [0.4, 0.5) is 0 Å². The molecule has 0 fully saturated rings. The van der Waals surface area contributed by atoms with E-state index >= 15 is 0 Å². The van der Waals surface area contributed by atoms with Gasteiger partial charge in [0.15, 0.2) is 0 Å². The molecule has 0 aliphatic carbocycles. The standard InChI is InChI=1S/C16H23NO3S/c1-2-3-10-21-11-8-15(18)17-9-7-13-5-4-6-14(12-13)16(19)20/h4-6,12H,2-3,7-11H2,1H3,(H,17,18)(H,19,20). The maximum atomic E-state index is 11.6. The van der Waals surface area contributed by atoms with Crippen LogP contribution in [0, 0.1) is 0 Å². The molecule has 0 aliphatic rings. The number of rotatable bonds is 10. The molecule has 0 aliphatic heterocycles. The number of carbonyl (C=O) groups excluding carboxylic acids is 1. The van der Waals surface area contributed by atoms with Crippen molar-refractivity contribution < 1.29 is 14.7 Å². The second-order valence-electron chi connectivity index (χ2n) is 4.82. The molecule has 0 spiro atoms. The summed E-state index contributed by atoms with van der Waals surface area (Å²) in [6, 6.07) is 6.82. The van der Waals surface area contributed by atoms with Gasteiger partial charge in [-0.3, -0.25) is 4.79 Å². The van der Waals surface area contributed by atoms with Gasteiger partial charge in [0, 0.05) is 18.7 Å². The maximum Gasteiger partial charge on any atom is 0.335 e. The van der Waals surface area contributed by atoms with E-state index in [1.165, 1.54) is 12.8 Å². The monoisotopic (exact) mass is 309 g/mol. The molecule has 0 saturated carbocycles. The molecule has 116 valence electrons. The van der Waals surface area contributed by atoms with Gasteiger partial charge in [0.25, 0.3) is 0 Å². The number of amides is 1. The summed E-state index contributed by atoms with van der Waals surface area (Å²) in [5, 5.41) is 11.8. The SMILES string of the molecule is CCCCSCCC(=O)NCCc1cccc(C(=O)O)c1. The highest BCUT2D eigenvalue weighted by Crippen LogP contribution is 2.07. The van der Waals surface area contributed by atoms with Crippen molar-refractivity contribution in [2.45, 2.75) is 32.6 Å². The van der Waals surface area contributed by atoms with Gasteiger partial charge < -0.3 is 10.4 Å². The average Bonchev–Trinajstić information content (AvgIpc) is 2.47. The summed E-state index contributed by atoms with van der Waals surface area (Å²) in [5.74, 6) is 1.12. The Balaban J connectivity index is 2.19. The molecule has 1 aromatic carbocycles. The van der Waals surface area contributed by atoms with Crippen LogP contribution in [0.15, 0.2) is 24.3 Å². The Morgan fingerprint density at radius 2 is 2.10 bits per heavy atom. The Morgan fingerprint density at radius 3 is 2.81 bits per heavy atom. The van der Waals surface area contributed by atoms with E-state index in [0.717, 1.165) is 17.1 Å². The summed E-state index contributed by atoms with van der Waals surface area (Å²) >= 11 is 1.82. The van der Waals surface area contributed by atoms with Crippen molar-refractivity contribution in [1.29, 1.82) is 0 Å². The summed E-state index contributed by atoms with van der Waals surface area (Å²) in [4.78, 5) is 22.5. The second kappa shape index (κ2) is 10.3. The van der Waals surface area contributed by atoms with E-state index in [9.17, 15) is 9.59 Å². The van der Waals surface area contributed by atoms with Gasteiger partial charge in [0.05, 0.1) is 5.56 Å². The molecule has 0 aromatic heterocycles. The topological polar surface area (TPSA) is 66.4 Å². The highest BCUT2D eigenvalue weighted by atomic mass is 32.2. The van der Waals surface area contributed by atoms with Crippen molar-refractivity contribution in [2.24, 2.45) is 0 Å². The van der Waals surface area contributed by atoms with E-state index in [0.29, 0.717) is 19.4 Å². The number of hydrogen-bond donors (Lipinski definition) is 2. The molecule has 0 atom stereocenters. The molecule has 4 nitrogen and oxygen atoms in total. The van der Waals surface area contributed by atoms with Gasteiger partial charge in [0.1, 0.15) is 0 Å². The van der Waals surface area contributed by atoms with Gasteiger partial charge in [-0.25, -0.2) is 4.79 Å². The largest absolute Gasteiger partial charge is 0.478 e. The molecular weight excluding hydrogens is 286 g/mol. The third-order valence-electron chi connectivity index (χ3n) is 3.03. The average molecular weight is 309 g/mol. The van der Waals surface area contributed by atoms with E-state index in [1.807, 2.05) is 17.8 Å². The number of nitrogens with one attached hydrogen (secondary N) is 1. The number of benzene rings is 1. The minimum absolute atomic E-state index is 0.0633. The van der Waals surface area contributed by atoms with Gasteiger partial charge in [-0.05, 0) is 36.3 Å². The lowest BCUT2D eigenvalue weighted by Crippen LogP contribution is -2.26. The zero-order chi connectivity index (χ0) is 15.5. The summed E-state index contributed by atoms with van der Waals surface area (Å²) in [7, 11) is 0. The van der Waals surface area contributed by atoms with Crippen molar-refractivity contribution >= 4 is 23.6 Å². The zero-order valence-electron chi connectivity index (χ0n) is 12.4. The van der Waals surface area contributed by atoms with Crippen LogP contribution >= 0.6 is 11.8 Å². The van der Waals surface area contributed by atoms with Crippen LogP contribution in [0.3, 0.4) is 0 Å². The number of carboxylic acid groups (broad SMARTS) is 1. The minimum atomic E-state index is -0.926. The van der Waals surface area contributed by atoms with Crippen molar-refractivity contribution in [1.82, 2.24) is 5.32 Å². The van der Waals surface area contributed by atoms with E-state index in [4.69, 9.17) is 5.11 Å². The van der Waals surface area contributed by atoms with Crippen molar-refractivity contribution in [3.05, 3.63) is 35.4 Å². The molecular formula is C16H23NO3S. The fraction of sp³-hybridized carbons (Fsp3) is 0.500. The number of thioether (sulfide) groups is 1.